The zero-order valence-corrected chi connectivity index (χ0v) is 8.19. The van der Waals surface area contributed by atoms with Crippen LogP contribution in [0.5, 0.6) is 0 Å². The van der Waals surface area contributed by atoms with Gasteiger partial charge < -0.3 is 10.2 Å². The van der Waals surface area contributed by atoms with Crippen LogP contribution < -0.4 is 5.73 Å². The lowest BCUT2D eigenvalue weighted by atomic mass is 10.2. The molecule has 0 spiro atoms. The number of rotatable bonds is 0. The number of nitrogens with two attached hydrogens (primary N) is 1. The molecule has 0 saturated heterocycles. The first kappa shape index (κ1) is 8.23. The van der Waals surface area contributed by atoms with Crippen LogP contribution in [0.25, 0.3) is 22.1 Å². The Morgan fingerprint density at radius 2 is 2.00 bits per heavy atom. The first-order valence-electron chi connectivity index (χ1n) is 4.67. The Balaban J connectivity index is 2.61. The van der Waals surface area contributed by atoms with Crippen LogP contribution in [0.1, 0.15) is 5.82 Å². The Labute approximate surface area is 85.7 Å². The number of fused-ring (bicyclic) bond motifs is 3. The van der Waals surface area contributed by atoms with Crippen molar-refractivity contribution in [3.05, 3.63) is 30.1 Å². The molecule has 2 heterocycles. The lowest BCUT2D eigenvalue weighted by molar-refractivity contribution is 0.667. The van der Waals surface area contributed by atoms with Crippen molar-refractivity contribution in [1.82, 2.24) is 9.97 Å². The van der Waals surface area contributed by atoms with E-state index >= 15 is 0 Å². The van der Waals surface area contributed by atoms with E-state index in [2.05, 4.69) is 9.97 Å². The van der Waals surface area contributed by atoms with E-state index < -0.39 is 0 Å². The molecule has 3 rings (SSSR count). The van der Waals surface area contributed by atoms with Crippen molar-refractivity contribution < 1.29 is 4.42 Å². The molecule has 0 aliphatic rings. The van der Waals surface area contributed by atoms with Crippen molar-refractivity contribution >= 4 is 27.9 Å². The number of aryl methyl sites for hydroxylation is 1. The van der Waals surface area contributed by atoms with Crippen LogP contribution in [0.15, 0.2) is 28.7 Å². The predicted molar refractivity (Wildman–Crippen MR) is 58.5 cm³/mol. The van der Waals surface area contributed by atoms with Crippen LogP contribution in [0, 0.1) is 6.92 Å². The number of furan rings is 1. The lowest BCUT2D eigenvalue weighted by Gasteiger charge is -1.95. The van der Waals surface area contributed by atoms with E-state index in [4.69, 9.17) is 10.2 Å². The number of hydrogen-bond acceptors (Lipinski definition) is 4. The van der Waals surface area contributed by atoms with Gasteiger partial charge in [-0.1, -0.05) is 12.1 Å². The predicted octanol–water partition coefficient (Wildman–Crippen LogP) is 2.27. The number of hydrogen-bond donors (Lipinski definition) is 1. The summed E-state index contributed by atoms with van der Waals surface area (Å²) in [5.41, 5.74) is 7.93. The summed E-state index contributed by atoms with van der Waals surface area (Å²) < 4.78 is 5.59. The molecule has 0 fully saturated rings. The second kappa shape index (κ2) is 2.70. The third kappa shape index (κ3) is 1.08. The first-order valence-corrected chi connectivity index (χ1v) is 4.67. The number of para-hydroxylation sites is 1. The van der Waals surface area contributed by atoms with E-state index in [0.29, 0.717) is 17.2 Å². The highest BCUT2D eigenvalue weighted by molar-refractivity contribution is 6.05. The Hall–Kier alpha value is -2.10. The number of aromatic nitrogens is 2. The molecule has 74 valence electrons. The Kier molecular flexibility index (Phi) is 1.48. The van der Waals surface area contributed by atoms with Gasteiger partial charge in [0.15, 0.2) is 11.4 Å². The van der Waals surface area contributed by atoms with E-state index in [9.17, 15) is 0 Å². The molecule has 1 aromatic carbocycles. The maximum Gasteiger partial charge on any atom is 0.195 e. The summed E-state index contributed by atoms with van der Waals surface area (Å²) in [5, 5.41) is 0.977. The molecule has 4 heteroatoms. The van der Waals surface area contributed by atoms with Gasteiger partial charge in [0.05, 0.1) is 0 Å². The molecule has 3 aromatic rings. The molecular formula is C11H9N3O. The number of benzene rings is 1. The highest BCUT2D eigenvalue weighted by Gasteiger charge is 2.11. The zero-order valence-electron chi connectivity index (χ0n) is 8.19. The zero-order chi connectivity index (χ0) is 10.4. The minimum absolute atomic E-state index is 0.397. The van der Waals surface area contributed by atoms with Gasteiger partial charge in [0.1, 0.15) is 16.9 Å². The standard InChI is InChI=1S/C11H9N3O/c1-6-13-9-7-4-2-3-5-8(7)15-10(9)11(12)14-6/h2-5H,1H3,(H2,12,13,14). The molecule has 2 N–H and O–H groups in total. The molecule has 15 heavy (non-hydrogen) atoms. The molecule has 0 amide bonds. The molecule has 0 atom stereocenters. The molecule has 0 bridgehead atoms. The second-order valence-corrected chi connectivity index (χ2v) is 3.43. The number of nitrogen functional groups attached to an aromatic ring is 1. The van der Waals surface area contributed by atoms with Crippen molar-refractivity contribution in [1.29, 1.82) is 0 Å². The minimum atomic E-state index is 0.397. The van der Waals surface area contributed by atoms with Gasteiger partial charge in [-0.05, 0) is 19.1 Å². The van der Waals surface area contributed by atoms with Crippen LogP contribution in [0.4, 0.5) is 5.82 Å². The molecule has 2 aromatic heterocycles. The van der Waals surface area contributed by atoms with Gasteiger partial charge >= 0.3 is 0 Å². The third-order valence-corrected chi connectivity index (χ3v) is 2.36. The van der Waals surface area contributed by atoms with Crippen molar-refractivity contribution in [3.8, 4) is 0 Å². The van der Waals surface area contributed by atoms with Crippen molar-refractivity contribution in [3.63, 3.8) is 0 Å². The van der Waals surface area contributed by atoms with Gasteiger partial charge in [0.25, 0.3) is 0 Å². The minimum Gasteiger partial charge on any atom is -0.450 e. The smallest absolute Gasteiger partial charge is 0.195 e. The summed E-state index contributed by atoms with van der Waals surface area (Å²) in [6.07, 6.45) is 0. The summed E-state index contributed by atoms with van der Waals surface area (Å²) in [6, 6.07) is 7.73. The van der Waals surface area contributed by atoms with Crippen molar-refractivity contribution in [2.45, 2.75) is 6.92 Å². The van der Waals surface area contributed by atoms with Gasteiger partial charge in [-0.25, -0.2) is 9.97 Å². The largest absolute Gasteiger partial charge is 0.450 e. The molecule has 0 saturated carbocycles. The lowest BCUT2D eigenvalue weighted by Crippen LogP contribution is -1.95. The third-order valence-electron chi connectivity index (χ3n) is 2.36. The summed E-state index contributed by atoms with van der Waals surface area (Å²) in [7, 11) is 0. The number of nitrogens with zero attached hydrogens (tertiary/aromatic N) is 2. The van der Waals surface area contributed by atoms with Crippen molar-refractivity contribution in [2.75, 3.05) is 5.73 Å². The average Bonchev–Trinajstić information content (AvgIpc) is 2.57. The van der Waals surface area contributed by atoms with Gasteiger partial charge in [-0.15, -0.1) is 0 Å². The maximum absolute atomic E-state index is 5.78. The second-order valence-electron chi connectivity index (χ2n) is 3.43. The maximum atomic E-state index is 5.78. The SMILES string of the molecule is Cc1nc(N)c2oc3ccccc3c2n1. The fourth-order valence-corrected chi connectivity index (χ4v) is 1.73. The van der Waals surface area contributed by atoms with Gasteiger partial charge in [0, 0.05) is 5.39 Å². The fourth-order valence-electron chi connectivity index (χ4n) is 1.73. The summed E-state index contributed by atoms with van der Waals surface area (Å²) in [4.78, 5) is 8.41. The van der Waals surface area contributed by atoms with E-state index in [-0.39, 0.29) is 0 Å². The monoisotopic (exact) mass is 199 g/mol. The van der Waals surface area contributed by atoms with Crippen LogP contribution >= 0.6 is 0 Å². The molecule has 0 unspecified atom stereocenters. The molecule has 0 aliphatic heterocycles. The fraction of sp³-hybridized carbons (Fsp3) is 0.0909. The number of anilines is 1. The summed E-state index contributed by atoms with van der Waals surface area (Å²) >= 11 is 0. The average molecular weight is 199 g/mol. The normalized spacial score (nSPS) is 11.3. The summed E-state index contributed by atoms with van der Waals surface area (Å²) in [6.45, 7) is 1.82. The van der Waals surface area contributed by atoms with Gasteiger partial charge in [-0.2, -0.15) is 0 Å². The Morgan fingerprint density at radius 1 is 1.20 bits per heavy atom. The Morgan fingerprint density at radius 3 is 2.87 bits per heavy atom. The first-order chi connectivity index (χ1) is 7.25. The van der Waals surface area contributed by atoms with Crippen LogP contribution in [-0.2, 0) is 0 Å². The topological polar surface area (TPSA) is 64.9 Å². The van der Waals surface area contributed by atoms with E-state index in [1.807, 2.05) is 31.2 Å². The quantitative estimate of drug-likeness (QED) is 0.603. The molecule has 0 radical (unpaired) electrons. The van der Waals surface area contributed by atoms with Gasteiger partial charge in [-0.3, -0.25) is 0 Å². The van der Waals surface area contributed by atoms with Crippen LogP contribution in [-0.4, -0.2) is 9.97 Å². The molecule has 0 aliphatic carbocycles. The van der Waals surface area contributed by atoms with Crippen LogP contribution in [0.2, 0.25) is 0 Å². The van der Waals surface area contributed by atoms with Crippen molar-refractivity contribution in [2.24, 2.45) is 0 Å². The van der Waals surface area contributed by atoms with Crippen LogP contribution in [0.3, 0.4) is 0 Å². The van der Waals surface area contributed by atoms with E-state index in [1.165, 1.54) is 0 Å². The summed E-state index contributed by atoms with van der Waals surface area (Å²) in [5.74, 6) is 1.06. The molecular weight excluding hydrogens is 190 g/mol. The Bertz CT molecular complexity index is 657. The van der Waals surface area contributed by atoms with E-state index in [0.717, 1.165) is 16.5 Å². The highest BCUT2D eigenvalue weighted by Crippen LogP contribution is 2.29. The molecule has 4 nitrogen and oxygen atoms in total. The highest BCUT2D eigenvalue weighted by atomic mass is 16.3. The van der Waals surface area contributed by atoms with E-state index in [1.54, 1.807) is 0 Å². The van der Waals surface area contributed by atoms with Gasteiger partial charge in [0.2, 0.25) is 0 Å².